The third-order valence-electron chi connectivity index (χ3n) is 3.27. The number of nitrogens with one attached hydrogen (secondary N) is 2. The number of phenols is 1. The van der Waals surface area contributed by atoms with Crippen LogP contribution in [0.3, 0.4) is 0 Å². The number of phenolic OH excluding ortho intramolecular Hbond substituents is 1. The van der Waals surface area contributed by atoms with Gasteiger partial charge in [0.2, 0.25) is 0 Å². The molecule has 5 heteroatoms. The van der Waals surface area contributed by atoms with Gasteiger partial charge in [0.25, 0.3) is 5.91 Å². The Morgan fingerprint density at radius 3 is 2.74 bits per heavy atom. The smallest absolute Gasteiger partial charge is 0.250 e. The molecule has 0 unspecified atom stereocenters. The molecule has 0 bridgehead atoms. The number of amides is 1. The topological polar surface area (TPSA) is 70.6 Å². The summed E-state index contributed by atoms with van der Waals surface area (Å²) >= 11 is 0. The molecule has 19 heavy (non-hydrogen) atoms. The maximum atomic E-state index is 11.8. The first-order valence-corrected chi connectivity index (χ1v) is 6.34. The summed E-state index contributed by atoms with van der Waals surface area (Å²) < 4.78 is 5.54. The van der Waals surface area contributed by atoms with E-state index in [9.17, 15) is 9.90 Å². The fourth-order valence-corrected chi connectivity index (χ4v) is 2.06. The van der Waals surface area contributed by atoms with Gasteiger partial charge in [-0.25, -0.2) is 0 Å². The van der Waals surface area contributed by atoms with Crippen molar-refractivity contribution < 1.29 is 14.6 Å². The monoisotopic (exact) mass is 264 g/mol. The number of hydrogen-bond acceptors (Lipinski definition) is 4. The molecule has 0 radical (unpaired) electrons. The number of benzene rings is 1. The van der Waals surface area contributed by atoms with Gasteiger partial charge in [0, 0.05) is 13.1 Å². The normalized spacial score (nSPS) is 16.8. The number of aryl methyl sites for hydroxylation is 2. The summed E-state index contributed by atoms with van der Waals surface area (Å²) in [5.74, 6) is -0.149. The minimum absolute atomic E-state index is 0.00932. The van der Waals surface area contributed by atoms with E-state index in [1.165, 1.54) is 0 Å². The lowest BCUT2D eigenvalue weighted by molar-refractivity contribution is -0.130. The molecule has 1 aromatic carbocycles. The molecule has 1 saturated heterocycles. The van der Waals surface area contributed by atoms with E-state index in [2.05, 4.69) is 10.6 Å². The number of hydrogen-bond donors (Lipinski definition) is 3. The highest BCUT2D eigenvalue weighted by molar-refractivity contribution is 5.93. The molecule has 0 spiro atoms. The number of carbonyl (C=O) groups excluding carboxylic acids is 1. The van der Waals surface area contributed by atoms with Gasteiger partial charge < -0.3 is 20.5 Å². The van der Waals surface area contributed by atoms with Gasteiger partial charge in [-0.05, 0) is 38.0 Å². The highest BCUT2D eigenvalue weighted by Crippen LogP contribution is 2.28. The zero-order chi connectivity index (χ0) is 14.0. The van der Waals surface area contributed by atoms with Crippen LogP contribution in [0, 0.1) is 13.8 Å². The number of ether oxygens (including phenoxy) is 1. The summed E-state index contributed by atoms with van der Waals surface area (Å²) in [6, 6.07) is 3.61. The van der Waals surface area contributed by atoms with Gasteiger partial charge in [-0.2, -0.15) is 0 Å². The van der Waals surface area contributed by atoms with Crippen LogP contribution in [0.2, 0.25) is 0 Å². The third kappa shape index (κ3) is 3.24. The van der Waals surface area contributed by atoms with E-state index < -0.39 is 0 Å². The van der Waals surface area contributed by atoms with Crippen molar-refractivity contribution in [1.82, 2.24) is 5.32 Å². The minimum atomic E-state index is -0.256. The van der Waals surface area contributed by atoms with E-state index in [-0.39, 0.29) is 23.9 Å². The zero-order valence-corrected chi connectivity index (χ0v) is 11.5. The molecule has 104 valence electrons. The predicted molar refractivity (Wildman–Crippen MR) is 73.4 cm³/mol. The molecule has 1 amide bonds. The van der Waals surface area contributed by atoms with Crippen LogP contribution in [-0.2, 0) is 9.53 Å². The zero-order valence-electron chi connectivity index (χ0n) is 11.5. The van der Waals surface area contributed by atoms with E-state index in [4.69, 9.17) is 4.74 Å². The van der Waals surface area contributed by atoms with Crippen LogP contribution < -0.4 is 10.6 Å². The quantitative estimate of drug-likeness (QED) is 0.717. The predicted octanol–water partition coefficient (Wildman–Crippen LogP) is 1.33. The highest BCUT2D eigenvalue weighted by Gasteiger charge is 2.33. The van der Waals surface area contributed by atoms with E-state index in [1.54, 1.807) is 13.0 Å². The van der Waals surface area contributed by atoms with Crippen LogP contribution in [-0.4, -0.2) is 36.3 Å². The Morgan fingerprint density at radius 1 is 1.47 bits per heavy atom. The summed E-state index contributed by atoms with van der Waals surface area (Å²) in [6.45, 7) is 7.19. The maximum Gasteiger partial charge on any atom is 0.250 e. The Kier molecular flexibility index (Phi) is 3.78. The molecule has 0 atom stereocenters. The number of aromatic hydroxyl groups is 1. The average molecular weight is 264 g/mol. The van der Waals surface area contributed by atoms with E-state index in [0.29, 0.717) is 5.69 Å². The Bertz CT molecular complexity index is 496. The second-order valence-electron chi connectivity index (χ2n) is 5.37. The van der Waals surface area contributed by atoms with Crippen molar-refractivity contribution in [1.29, 1.82) is 0 Å². The van der Waals surface area contributed by atoms with Crippen molar-refractivity contribution in [2.45, 2.75) is 26.4 Å². The molecular formula is C14H20N2O3. The number of rotatable bonds is 4. The fourth-order valence-electron chi connectivity index (χ4n) is 2.06. The Balaban J connectivity index is 1.95. The SMILES string of the molecule is Cc1cc(C)c(O)c(NC(=O)COC2(C)CNC2)c1. The van der Waals surface area contributed by atoms with Crippen molar-refractivity contribution >= 4 is 11.6 Å². The van der Waals surface area contributed by atoms with Gasteiger partial charge in [-0.1, -0.05) is 6.07 Å². The van der Waals surface area contributed by atoms with Gasteiger partial charge in [0.15, 0.2) is 0 Å². The number of anilines is 1. The molecule has 1 aliphatic heterocycles. The van der Waals surface area contributed by atoms with Gasteiger partial charge in [-0.3, -0.25) is 4.79 Å². The van der Waals surface area contributed by atoms with Crippen LogP contribution in [0.25, 0.3) is 0 Å². The standard InChI is InChI=1S/C14H20N2O3/c1-9-4-10(2)13(18)11(5-9)16-12(17)6-19-14(3)7-15-8-14/h4-5,15,18H,6-8H2,1-3H3,(H,16,17). The van der Waals surface area contributed by atoms with Crippen molar-refractivity contribution in [3.8, 4) is 5.75 Å². The van der Waals surface area contributed by atoms with Gasteiger partial charge in [0.05, 0.1) is 11.3 Å². The maximum absolute atomic E-state index is 11.8. The molecule has 5 nitrogen and oxygen atoms in total. The van der Waals surface area contributed by atoms with E-state index in [0.717, 1.165) is 24.2 Å². The van der Waals surface area contributed by atoms with Crippen LogP contribution in [0.5, 0.6) is 5.75 Å². The first-order valence-electron chi connectivity index (χ1n) is 6.34. The molecular weight excluding hydrogens is 244 g/mol. The largest absolute Gasteiger partial charge is 0.505 e. The second-order valence-corrected chi connectivity index (χ2v) is 5.37. The summed E-state index contributed by atoms with van der Waals surface area (Å²) in [5, 5.41) is 15.7. The minimum Gasteiger partial charge on any atom is -0.505 e. The molecule has 2 rings (SSSR count). The van der Waals surface area contributed by atoms with Crippen molar-refractivity contribution in [2.24, 2.45) is 0 Å². The summed E-state index contributed by atoms with van der Waals surface area (Å²) in [4.78, 5) is 11.8. The molecule has 1 aromatic rings. The lowest BCUT2D eigenvalue weighted by atomic mass is 10.0. The summed E-state index contributed by atoms with van der Waals surface area (Å²) in [6.07, 6.45) is 0. The van der Waals surface area contributed by atoms with Crippen molar-refractivity contribution in [3.63, 3.8) is 0 Å². The average Bonchev–Trinajstić information content (AvgIpc) is 2.30. The third-order valence-corrected chi connectivity index (χ3v) is 3.27. The highest BCUT2D eigenvalue weighted by atomic mass is 16.5. The molecule has 3 N–H and O–H groups in total. The molecule has 0 saturated carbocycles. The number of carbonyl (C=O) groups is 1. The van der Waals surface area contributed by atoms with E-state index in [1.807, 2.05) is 19.9 Å². The van der Waals surface area contributed by atoms with Crippen LogP contribution >= 0.6 is 0 Å². The van der Waals surface area contributed by atoms with Crippen LogP contribution in [0.1, 0.15) is 18.1 Å². The van der Waals surface area contributed by atoms with Gasteiger partial charge in [0.1, 0.15) is 12.4 Å². The van der Waals surface area contributed by atoms with Crippen LogP contribution in [0.15, 0.2) is 12.1 Å². The van der Waals surface area contributed by atoms with Crippen molar-refractivity contribution in [3.05, 3.63) is 23.3 Å². The van der Waals surface area contributed by atoms with Gasteiger partial charge >= 0.3 is 0 Å². The Labute approximate surface area is 113 Å². The van der Waals surface area contributed by atoms with Crippen molar-refractivity contribution in [2.75, 3.05) is 25.0 Å². The van der Waals surface area contributed by atoms with Crippen LogP contribution in [0.4, 0.5) is 5.69 Å². The molecule has 0 aliphatic carbocycles. The molecule has 1 aliphatic rings. The molecule has 1 fully saturated rings. The fraction of sp³-hybridized carbons (Fsp3) is 0.500. The Morgan fingerprint density at radius 2 is 2.16 bits per heavy atom. The lowest BCUT2D eigenvalue weighted by Crippen LogP contribution is -2.59. The van der Waals surface area contributed by atoms with E-state index >= 15 is 0 Å². The Hall–Kier alpha value is -1.59. The first-order chi connectivity index (χ1) is 8.89. The summed E-state index contributed by atoms with van der Waals surface area (Å²) in [7, 11) is 0. The molecule has 1 heterocycles. The first kappa shape index (κ1) is 13.8. The van der Waals surface area contributed by atoms with Gasteiger partial charge in [-0.15, -0.1) is 0 Å². The lowest BCUT2D eigenvalue weighted by Gasteiger charge is -2.38. The second kappa shape index (κ2) is 5.19. The molecule has 0 aromatic heterocycles. The summed E-state index contributed by atoms with van der Waals surface area (Å²) in [5.41, 5.74) is 1.91.